The van der Waals surface area contributed by atoms with E-state index in [0.717, 1.165) is 6.42 Å². The quantitative estimate of drug-likeness (QED) is 0.593. The predicted octanol–water partition coefficient (Wildman–Crippen LogP) is 0.514. The minimum absolute atomic E-state index is 0.0226. The van der Waals surface area contributed by atoms with Gasteiger partial charge in [0.15, 0.2) is 0 Å². The van der Waals surface area contributed by atoms with Crippen LogP contribution in [0.1, 0.15) is 12.8 Å². The third-order valence-electron chi connectivity index (χ3n) is 5.30. The number of rotatable bonds is 3. The maximum atomic E-state index is 12.4. The number of allylic oxidation sites excluding steroid dienone is 2. The average molecular weight is 261 g/mol. The van der Waals surface area contributed by atoms with Crippen LogP contribution >= 0.6 is 0 Å². The Kier molecular flexibility index (Phi) is 2.04. The molecular weight excluding hydrogens is 246 g/mol. The first kappa shape index (κ1) is 11.2. The second kappa shape index (κ2) is 3.46. The van der Waals surface area contributed by atoms with Crippen LogP contribution in [0.3, 0.4) is 0 Å². The fourth-order valence-electron chi connectivity index (χ4n) is 4.45. The smallest absolute Gasteiger partial charge is 0.305 e. The molecule has 0 radical (unpaired) electrons. The molecule has 0 spiro atoms. The zero-order chi connectivity index (χ0) is 13.3. The van der Waals surface area contributed by atoms with Crippen molar-refractivity contribution in [2.45, 2.75) is 12.8 Å². The minimum atomic E-state index is -0.973. The van der Waals surface area contributed by atoms with Crippen molar-refractivity contribution in [2.24, 2.45) is 35.5 Å². The van der Waals surface area contributed by atoms with E-state index < -0.39 is 5.97 Å². The number of likely N-dealkylation sites (tertiary alicyclic amines) is 1. The van der Waals surface area contributed by atoms with Crippen LogP contribution in [0.4, 0.5) is 0 Å². The van der Waals surface area contributed by atoms with Crippen LogP contribution in [0.25, 0.3) is 0 Å². The highest BCUT2D eigenvalue weighted by Gasteiger charge is 2.66. The van der Waals surface area contributed by atoms with Crippen molar-refractivity contribution in [3.8, 4) is 0 Å². The summed E-state index contributed by atoms with van der Waals surface area (Å²) in [5, 5.41) is 8.71. The number of carboxylic acids is 1. The summed E-state index contributed by atoms with van der Waals surface area (Å²) in [6.07, 6.45) is 5.22. The summed E-state index contributed by atoms with van der Waals surface area (Å²) in [5.41, 5.74) is 0. The molecule has 0 aromatic heterocycles. The molecule has 1 N–H and O–H groups in total. The van der Waals surface area contributed by atoms with Crippen molar-refractivity contribution in [1.82, 2.24) is 4.90 Å². The van der Waals surface area contributed by atoms with Crippen LogP contribution in [0.2, 0.25) is 0 Å². The van der Waals surface area contributed by atoms with E-state index in [9.17, 15) is 14.4 Å². The van der Waals surface area contributed by atoms with Crippen molar-refractivity contribution in [1.29, 1.82) is 0 Å². The van der Waals surface area contributed by atoms with Crippen LogP contribution in [0.15, 0.2) is 12.2 Å². The summed E-state index contributed by atoms with van der Waals surface area (Å²) in [7, 11) is 0. The maximum absolute atomic E-state index is 12.4. The Morgan fingerprint density at radius 2 is 1.68 bits per heavy atom. The number of hydrogen-bond donors (Lipinski definition) is 1. The molecule has 5 rings (SSSR count). The molecule has 100 valence electrons. The lowest BCUT2D eigenvalue weighted by atomic mass is 9.63. The van der Waals surface area contributed by atoms with E-state index in [-0.39, 0.29) is 48.5 Å². The monoisotopic (exact) mass is 261 g/mol. The second-order valence-corrected chi connectivity index (χ2v) is 6.13. The molecule has 1 aliphatic heterocycles. The third kappa shape index (κ3) is 1.33. The van der Waals surface area contributed by atoms with Gasteiger partial charge in [-0.1, -0.05) is 12.2 Å². The summed E-state index contributed by atoms with van der Waals surface area (Å²) >= 11 is 0. The van der Waals surface area contributed by atoms with Gasteiger partial charge < -0.3 is 5.11 Å². The average Bonchev–Trinajstić information content (AvgIpc) is 3.14. The fourth-order valence-corrected chi connectivity index (χ4v) is 4.45. The Balaban J connectivity index is 1.63. The van der Waals surface area contributed by atoms with Gasteiger partial charge in [-0.05, 0) is 30.1 Å². The molecular formula is C14H15NO4. The van der Waals surface area contributed by atoms with Crippen molar-refractivity contribution < 1.29 is 19.5 Å². The Morgan fingerprint density at radius 1 is 1.16 bits per heavy atom. The first-order valence-corrected chi connectivity index (χ1v) is 6.85. The number of carbonyl (C=O) groups excluding carboxylic acids is 2. The van der Waals surface area contributed by atoms with E-state index in [0.29, 0.717) is 11.8 Å². The molecule has 2 saturated carbocycles. The number of carboxylic acid groups (broad SMARTS) is 1. The van der Waals surface area contributed by atoms with Crippen molar-refractivity contribution in [3.05, 3.63) is 12.2 Å². The zero-order valence-corrected chi connectivity index (χ0v) is 10.4. The molecule has 0 aromatic rings. The fraction of sp³-hybridized carbons (Fsp3) is 0.643. The largest absolute Gasteiger partial charge is 0.481 e. The van der Waals surface area contributed by atoms with Crippen molar-refractivity contribution in [3.63, 3.8) is 0 Å². The summed E-state index contributed by atoms with van der Waals surface area (Å²) in [6, 6.07) is 0. The van der Waals surface area contributed by atoms with Gasteiger partial charge in [-0.2, -0.15) is 0 Å². The molecule has 5 aliphatic rings. The number of nitrogens with zero attached hydrogens (tertiary/aromatic N) is 1. The van der Waals surface area contributed by atoms with Gasteiger partial charge in [0.25, 0.3) is 0 Å². The number of carbonyl (C=O) groups is 3. The van der Waals surface area contributed by atoms with E-state index in [1.165, 1.54) is 4.90 Å². The van der Waals surface area contributed by atoms with Gasteiger partial charge in [0, 0.05) is 6.54 Å². The van der Waals surface area contributed by atoms with Gasteiger partial charge in [0.05, 0.1) is 18.3 Å². The topological polar surface area (TPSA) is 74.7 Å². The molecule has 2 bridgehead atoms. The molecule has 0 aromatic carbocycles. The van der Waals surface area contributed by atoms with Gasteiger partial charge in [0.1, 0.15) is 0 Å². The van der Waals surface area contributed by atoms with Crippen LogP contribution < -0.4 is 0 Å². The normalized spacial score (nSPS) is 45.4. The van der Waals surface area contributed by atoms with E-state index in [4.69, 9.17) is 5.11 Å². The number of imide groups is 1. The zero-order valence-electron chi connectivity index (χ0n) is 10.4. The molecule has 2 amide bonds. The van der Waals surface area contributed by atoms with E-state index in [1.54, 1.807) is 0 Å². The molecule has 4 unspecified atom stereocenters. The van der Waals surface area contributed by atoms with Crippen LogP contribution in [-0.2, 0) is 14.4 Å². The molecule has 19 heavy (non-hydrogen) atoms. The number of hydrogen-bond acceptors (Lipinski definition) is 3. The molecule has 3 fully saturated rings. The predicted molar refractivity (Wildman–Crippen MR) is 63.7 cm³/mol. The number of aliphatic carboxylic acids is 1. The van der Waals surface area contributed by atoms with Gasteiger partial charge in [-0.25, -0.2) is 0 Å². The molecule has 5 heteroatoms. The highest BCUT2D eigenvalue weighted by Crippen LogP contribution is 2.65. The third-order valence-corrected chi connectivity index (χ3v) is 5.30. The SMILES string of the molecule is O=C(O)CCN1C(=O)C2C(C1=O)[C@H]1C=C[C@@H]2C2CC21. The molecule has 1 saturated heterocycles. The maximum Gasteiger partial charge on any atom is 0.305 e. The van der Waals surface area contributed by atoms with Crippen LogP contribution in [-0.4, -0.2) is 34.3 Å². The van der Waals surface area contributed by atoms with E-state index in [2.05, 4.69) is 12.2 Å². The summed E-state index contributed by atoms with van der Waals surface area (Å²) in [4.78, 5) is 36.6. The van der Waals surface area contributed by atoms with Crippen LogP contribution in [0.5, 0.6) is 0 Å². The summed E-state index contributed by atoms with van der Waals surface area (Å²) in [5.74, 6) is -0.0567. The first-order valence-electron chi connectivity index (χ1n) is 6.85. The van der Waals surface area contributed by atoms with Gasteiger partial charge in [-0.15, -0.1) is 0 Å². The second-order valence-electron chi connectivity index (χ2n) is 6.13. The first-order chi connectivity index (χ1) is 9.09. The Morgan fingerprint density at radius 3 is 2.16 bits per heavy atom. The standard InChI is InChI=1S/C14H15NO4/c16-10(17)3-4-15-13(18)11-6-1-2-7(9-5-8(6)9)12(11)14(15)19/h1-2,6-9,11-12H,3-5H2,(H,16,17)/t6-,7+,8?,9?,11?,12?. The molecule has 4 aliphatic carbocycles. The van der Waals surface area contributed by atoms with Crippen LogP contribution in [0, 0.1) is 35.5 Å². The van der Waals surface area contributed by atoms with Gasteiger partial charge >= 0.3 is 5.97 Å². The summed E-state index contributed by atoms with van der Waals surface area (Å²) < 4.78 is 0. The van der Waals surface area contributed by atoms with Crippen molar-refractivity contribution >= 4 is 17.8 Å². The Labute approximate surface area is 110 Å². The van der Waals surface area contributed by atoms with E-state index >= 15 is 0 Å². The van der Waals surface area contributed by atoms with Gasteiger partial charge in [-0.3, -0.25) is 19.3 Å². The lowest BCUT2D eigenvalue weighted by Gasteiger charge is -2.37. The molecule has 5 nitrogen and oxygen atoms in total. The Hall–Kier alpha value is -1.65. The lowest BCUT2D eigenvalue weighted by molar-refractivity contribution is -0.142. The molecule has 6 atom stereocenters. The number of amides is 2. The summed E-state index contributed by atoms with van der Waals surface area (Å²) in [6.45, 7) is 0.0226. The lowest BCUT2D eigenvalue weighted by Crippen LogP contribution is -2.40. The minimum Gasteiger partial charge on any atom is -0.481 e. The van der Waals surface area contributed by atoms with E-state index in [1.807, 2.05) is 0 Å². The van der Waals surface area contributed by atoms with Crippen molar-refractivity contribution in [2.75, 3.05) is 6.54 Å². The van der Waals surface area contributed by atoms with Gasteiger partial charge in [0.2, 0.25) is 11.8 Å². The highest BCUT2D eigenvalue weighted by molar-refractivity contribution is 6.06. The molecule has 1 heterocycles. The Bertz CT molecular complexity index is 490. The highest BCUT2D eigenvalue weighted by atomic mass is 16.4.